The highest BCUT2D eigenvalue weighted by atomic mass is 32.1. The Kier molecular flexibility index (Phi) is 3.61. The van der Waals surface area contributed by atoms with Crippen LogP contribution in [0.5, 0.6) is 0 Å². The Balaban J connectivity index is 1.63. The summed E-state index contributed by atoms with van der Waals surface area (Å²) in [6.07, 6.45) is 2.37. The minimum absolute atomic E-state index is 0.0821. The number of amides is 2. The Bertz CT molecular complexity index is 818. The number of carbonyl (C=O) groups excluding carboxylic acids is 2. The van der Waals surface area contributed by atoms with Gasteiger partial charge in [0, 0.05) is 23.7 Å². The molecule has 1 N–H and O–H groups in total. The van der Waals surface area contributed by atoms with Gasteiger partial charge in [0.2, 0.25) is 0 Å². The molecule has 0 aliphatic carbocycles. The predicted octanol–water partition coefficient (Wildman–Crippen LogP) is 3.19. The van der Waals surface area contributed by atoms with Gasteiger partial charge in [0.25, 0.3) is 5.91 Å². The maximum Gasteiger partial charge on any atom is 0.301 e. The first-order valence-corrected chi connectivity index (χ1v) is 8.75. The summed E-state index contributed by atoms with van der Waals surface area (Å²) in [5.74, 6) is -1.63. The van der Waals surface area contributed by atoms with Gasteiger partial charge in [0.1, 0.15) is 5.57 Å². The molecule has 2 aromatic rings. The van der Waals surface area contributed by atoms with Crippen LogP contribution >= 0.6 is 11.3 Å². The number of thiophene rings is 1. The SMILES string of the molecule is O=C1C(O)=C(c2cccs2)C(=O)N1c1ccc(N2CCCC2)cc1. The molecule has 5 nitrogen and oxygen atoms in total. The molecule has 0 saturated carbocycles. The Morgan fingerprint density at radius 2 is 1.58 bits per heavy atom. The van der Waals surface area contributed by atoms with Gasteiger partial charge in [-0.05, 0) is 48.6 Å². The first-order chi connectivity index (χ1) is 11.7. The summed E-state index contributed by atoms with van der Waals surface area (Å²) in [5.41, 5.74) is 1.65. The number of hydrogen-bond acceptors (Lipinski definition) is 5. The topological polar surface area (TPSA) is 60.9 Å². The maximum atomic E-state index is 12.6. The third-order valence-electron chi connectivity index (χ3n) is 4.41. The second kappa shape index (κ2) is 5.79. The van der Waals surface area contributed by atoms with Crippen molar-refractivity contribution in [3.63, 3.8) is 0 Å². The molecule has 4 rings (SSSR count). The molecule has 6 heteroatoms. The van der Waals surface area contributed by atoms with Gasteiger partial charge < -0.3 is 10.0 Å². The molecular weight excluding hydrogens is 324 g/mol. The molecule has 0 atom stereocenters. The second-order valence-electron chi connectivity index (χ2n) is 5.86. The van der Waals surface area contributed by atoms with Crippen LogP contribution in [0.2, 0.25) is 0 Å². The fraction of sp³-hybridized carbons (Fsp3) is 0.222. The molecule has 2 amide bonds. The highest BCUT2D eigenvalue weighted by molar-refractivity contribution is 7.11. The van der Waals surface area contributed by atoms with Crippen molar-refractivity contribution in [1.82, 2.24) is 0 Å². The standard InChI is InChI=1S/C18H16N2O3S/c21-16-15(14-4-3-11-24-14)17(22)20(18(16)23)13-7-5-12(6-8-13)19-9-1-2-10-19/h3-8,11,21H,1-2,9-10H2. The Morgan fingerprint density at radius 3 is 2.21 bits per heavy atom. The van der Waals surface area contributed by atoms with Gasteiger partial charge in [0.05, 0.1) is 5.69 Å². The number of rotatable bonds is 3. The third kappa shape index (κ3) is 2.30. The Morgan fingerprint density at radius 1 is 0.917 bits per heavy atom. The van der Waals surface area contributed by atoms with E-state index in [1.165, 1.54) is 24.2 Å². The average molecular weight is 340 g/mol. The lowest BCUT2D eigenvalue weighted by Gasteiger charge is -2.19. The van der Waals surface area contributed by atoms with Gasteiger partial charge in [-0.1, -0.05) is 6.07 Å². The number of carbonyl (C=O) groups is 2. The molecule has 0 bridgehead atoms. The number of benzene rings is 1. The molecule has 0 radical (unpaired) electrons. The molecular formula is C18H16N2O3S. The van der Waals surface area contributed by atoms with Crippen molar-refractivity contribution in [1.29, 1.82) is 0 Å². The minimum atomic E-state index is -0.669. The second-order valence-corrected chi connectivity index (χ2v) is 6.80. The number of nitrogens with zero attached hydrogens (tertiary/aromatic N) is 2. The number of hydrogen-bond donors (Lipinski definition) is 1. The zero-order valence-corrected chi connectivity index (χ0v) is 13.8. The summed E-state index contributed by atoms with van der Waals surface area (Å²) in [6.45, 7) is 2.07. The first kappa shape index (κ1) is 15.0. The molecule has 1 aromatic heterocycles. The van der Waals surface area contributed by atoms with E-state index in [1.807, 2.05) is 12.1 Å². The molecule has 24 heavy (non-hydrogen) atoms. The quantitative estimate of drug-likeness (QED) is 0.872. The van der Waals surface area contributed by atoms with Gasteiger partial charge in [0.15, 0.2) is 5.76 Å². The van der Waals surface area contributed by atoms with Crippen molar-refractivity contribution >= 4 is 40.1 Å². The van der Waals surface area contributed by atoms with Crippen molar-refractivity contribution in [2.75, 3.05) is 22.9 Å². The van der Waals surface area contributed by atoms with Crippen molar-refractivity contribution in [2.45, 2.75) is 12.8 Å². The lowest BCUT2D eigenvalue weighted by molar-refractivity contribution is -0.121. The van der Waals surface area contributed by atoms with E-state index < -0.39 is 17.6 Å². The molecule has 122 valence electrons. The summed E-state index contributed by atoms with van der Waals surface area (Å²) in [5, 5.41) is 11.9. The number of aliphatic hydroxyl groups excluding tert-OH is 1. The minimum Gasteiger partial charge on any atom is -0.502 e. The van der Waals surface area contributed by atoms with E-state index in [9.17, 15) is 14.7 Å². The average Bonchev–Trinajstić information content (AvgIpc) is 3.32. The largest absolute Gasteiger partial charge is 0.502 e. The first-order valence-electron chi connectivity index (χ1n) is 7.88. The van der Waals surface area contributed by atoms with Crippen LogP contribution in [-0.2, 0) is 9.59 Å². The molecule has 1 saturated heterocycles. The van der Waals surface area contributed by atoms with Crippen molar-refractivity contribution < 1.29 is 14.7 Å². The molecule has 1 fully saturated rings. The van der Waals surface area contributed by atoms with Gasteiger partial charge in [-0.15, -0.1) is 11.3 Å². The highest BCUT2D eigenvalue weighted by Gasteiger charge is 2.40. The van der Waals surface area contributed by atoms with Crippen LogP contribution in [0, 0.1) is 0 Å². The van der Waals surface area contributed by atoms with Gasteiger partial charge in [-0.25, -0.2) is 4.90 Å². The molecule has 1 aromatic carbocycles. The lowest BCUT2D eigenvalue weighted by Crippen LogP contribution is -2.31. The predicted molar refractivity (Wildman–Crippen MR) is 94.2 cm³/mol. The van der Waals surface area contributed by atoms with E-state index in [2.05, 4.69) is 4.90 Å². The van der Waals surface area contributed by atoms with Crippen LogP contribution in [0.3, 0.4) is 0 Å². The van der Waals surface area contributed by atoms with Crippen LogP contribution < -0.4 is 9.80 Å². The number of aliphatic hydroxyl groups is 1. The highest BCUT2D eigenvalue weighted by Crippen LogP contribution is 2.34. The van der Waals surface area contributed by atoms with E-state index in [1.54, 1.807) is 29.6 Å². The van der Waals surface area contributed by atoms with E-state index in [0.717, 1.165) is 23.7 Å². The number of anilines is 2. The summed E-state index contributed by atoms with van der Waals surface area (Å²) in [7, 11) is 0. The van der Waals surface area contributed by atoms with E-state index in [4.69, 9.17) is 0 Å². The fourth-order valence-electron chi connectivity index (χ4n) is 3.18. The zero-order valence-electron chi connectivity index (χ0n) is 12.9. The normalized spacial score (nSPS) is 18.2. The Labute approximate surface area is 143 Å². The van der Waals surface area contributed by atoms with Gasteiger partial charge >= 0.3 is 5.91 Å². The van der Waals surface area contributed by atoms with E-state index in [-0.39, 0.29) is 5.57 Å². The van der Waals surface area contributed by atoms with Crippen LogP contribution in [0.15, 0.2) is 47.5 Å². The van der Waals surface area contributed by atoms with Gasteiger partial charge in [-0.3, -0.25) is 9.59 Å². The zero-order chi connectivity index (χ0) is 16.7. The van der Waals surface area contributed by atoms with E-state index in [0.29, 0.717) is 10.6 Å². The smallest absolute Gasteiger partial charge is 0.301 e. The monoisotopic (exact) mass is 340 g/mol. The molecule has 3 heterocycles. The molecule has 0 spiro atoms. The molecule has 2 aliphatic rings. The van der Waals surface area contributed by atoms with Crippen molar-refractivity contribution in [3.05, 3.63) is 52.4 Å². The van der Waals surface area contributed by atoms with Crippen molar-refractivity contribution in [2.24, 2.45) is 0 Å². The van der Waals surface area contributed by atoms with Crippen molar-refractivity contribution in [3.8, 4) is 0 Å². The van der Waals surface area contributed by atoms with Crippen LogP contribution in [0.25, 0.3) is 5.57 Å². The Hall–Kier alpha value is -2.60. The van der Waals surface area contributed by atoms with E-state index >= 15 is 0 Å². The summed E-state index contributed by atoms with van der Waals surface area (Å²) < 4.78 is 0. The number of imide groups is 1. The summed E-state index contributed by atoms with van der Waals surface area (Å²) in [6, 6.07) is 10.9. The maximum absolute atomic E-state index is 12.6. The van der Waals surface area contributed by atoms with Gasteiger partial charge in [-0.2, -0.15) is 0 Å². The lowest BCUT2D eigenvalue weighted by atomic mass is 10.2. The van der Waals surface area contributed by atoms with Crippen LogP contribution in [0.1, 0.15) is 17.7 Å². The fourth-order valence-corrected chi connectivity index (χ4v) is 3.95. The molecule has 0 unspecified atom stereocenters. The third-order valence-corrected chi connectivity index (χ3v) is 5.29. The molecule has 2 aliphatic heterocycles. The van der Waals surface area contributed by atoms with Crippen LogP contribution in [0.4, 0.5) is 11.4 Å². The summed E-state index contributed by atoms with van der Waals surface area (Å²) in [4.78, 5) is 28.9. The van der Waals surface area contributed by atoms with Crippen LogP contribution in [-0.4, -0.2) is 30.0 Å². The summed E-state index contributed by atoms with van der Waals surface area (Å²) >= 11 is 1.32.